The monoisotopic (exact) mass is 248 g/mol. The summed E-state index contributed by atoms with van der Waals surface area (Å²) in [4.78, 5) is 6.72. The van der Waals surface area contributed by atoms with Crippen molar-refractivity contribution in [3.05, 3.63) is 30.2 Å². The fourth-order valence-electron chi connectivity index (χ4n) is 1.95. The van der Waals surface area contributed by atoms with E-state index < -0.39 is 0 Å². The predicted molar refractivity (Wildman–Crippen MR) is 71.3 cm³/mol. The van der Waals surface area contributed by atoms with E-state index >= 15 is 0 Å². The summed E-state index contributed by atoms with van der Waals surface area (Å²) in [7, 11) is 0. The number of para-hydroxylation sites is 2. The second-order valence-corrected chi connectivity index (χ2v) is 4.72. The van der Waals surface area contributed by atoms with Gasteiger partial charge in [-0.1, -0.05) is 12.1 Å². The number of aliphatic hydroxyl groups excluding tert-OH is 1. The average Bonchev–Trinajstić information content (AvgIpc) is 2.76. The first-order chi connectivity index (χ1) is 8.70. The van der Waals surface area contributed by atoms with Gasteiger partial charge in [0.1, 0.15) is 5.52 Å². The highest BCUT2D eigenvalue weighted by Gasteiger charge is 2.13. The van der Waals surface area contributed by atoms with E-state index in [-0.39, 0.29) is 6.61 Å². The van der Waals surface area contributed by atoms with Crippen LogP contribution in [-0.2, 0) is 6.54 Å². The highest BCUT2D eigenvalue weighted by Crippen LogP contribution is 2.16. The summed E-state index contributed by atoms with van der Waals surface area (Å²) in [5, 5.41) is 8.91. The molecule has 0 spiro atoms. The van der Waals surface area contributed by atoms with E-state index in [1.54, 1.807) is 0 Å². The van der Waals surface area contributed by atoms with Crippen molar-refractivity contribution < 1.29 is 9.52 Å². The second kappa shape index (κ2) is 5.98. The Labute approximate surface area is 107 Å². The molecule has 1 aromatic heterocycles. The maximum Gasteiger partial charge on any atom is 0.209 e. The van der Waals surface area contributed by atoms with Gasteiger partial charge in [0.05, 0.1) is 6.54 Å². The number of benzene rings is 1. The lowest BCUT2D eigenvalue weighted by Crippen LogP contribution is -2.31. The molecule has 18 heavy (non-hydrogen) atoms. The minimum Gasteiger partial charge on any atom is -0.439 e. The largest absolute Gasteiger partial charge is 0.439 e. The maximum atomic E-state index is 8.91. The number of hydrogen-bond acceptors (Lipinski definition) is 4. The first-order valence-electron chi connectivity index (χ1n) is 6.40. The number of fused-ring (bicyclic) bond motifs is 1. The Kier molecular flexibility index (Phi) is 4.33. The molecule has 4 heteroatoms. The van der Waals surface area contributed by atoms with Gasteiger partial charge in [-0.3, -0.25) is 4.90 Å². The van der Waals surface area contributed by atoms with E-state index in [0.717, 1.165) is 30.0 Å². The van der Waals surface area contributed by atoms with Crippen LogP contribution in [-0.4, -0.2) is 34.2 Å². The Morgan fingerprint density at radius 3 is 2.78 bits per heavy atom. The summed E-state index contributed by atoms with van der Waals surface area (Å²) < 4.78 is 5.71. The predicted octanol–water partition coefficient (Wildman–Crippen LogP) is 2.42. The molecule has 0 bridgehead atoms. The van der Waals surface area contributed by atoms with Gasteiger partial charge in [-0.2, -0.15) is 0 Å². The molecule has 2 rings (SSSR count). The number of aromatic nitrogens is 1. The fraction of sp³-hybridized carbons (Fsp3) is 0.500. The van der Waals surface area contributed by atoms with Crippen molar-refractivity contribution in [3.63, 3.8) is 0 Å². The van der Waals surface area contributed by atoms with Crippen molar-refractivity contribution >= 4 is 11.1 Å². The van der Waals surface area contributed by atoms with Crippen LogP contribution in [0.4, 0.5) is 0 Å². The van der Waals surface area contributed by atoms with E-state index in [9.17, 15) is 0 Å². The van der Waals surface area contributed by atoms with Crippen LogP contribution in [0.15, 0.2) is 28.7 Å². The van der Waals surface area contributed by atoms with Crippen molar-refractivity contribution in [2.45, 2.75) is 32.9 Å². The molecule has 0 saturated heterocycles. The fourth-order valence-corrected chi connectivity index (χ4v) is 1.95. The standard InChI is InChI=1S/C14H20N2O2/c1-11(2)16(8-5-9-17)10-14-15-12-6-3-4-7-13(12)18-14/h3-4,6-7,11,17H,5,8-10H2,1-2H3. The summed E-state index contributed by atoms with van der Waals surface area (Å²) in [5.41, 5.74) is 1.73. The Bertz CT molecular complexity index is 460. The van der Waals surface area contributed by atoms with E-state index in [1.165, 1.54) is 0 Å². The Morgan fingerprint density at radius 1 is 1.33 bits per heavy atom. The van der Waals surface area contributed by atoms with Crippen LogP contribution in [0.1, 0.15) is 26.2 Å². The van der Waals surface area contributed by atoms with Crippen molar-refractivity contribution in [2.24, 2.45) is 0 Å². The number of oxazole rings is 1. The molecule has 0 radical (unpaired) electrons. The topological polar surface area (TPSA) is 49.5 Å². The van der Waals surface area contributed by atoms with Crippen molar-refractivity contribution in [2.75, 3.05) is 13.2 Å². The van der Waals surface area contributed by atoms with Crippen LogP contribution in [0, 0.1) is 0 Å². The van der Waals surface area contributed by atoms with Crippen LogP contribution in [0.25, 0.3) is 11.1 Å². The molecule has 98 valence electrons. The number of nitrogens with zero attached hydrogens (tertiary/aromatic N) is 2. The number of hydrogen-bond donors (Lipinski definition) is 1. The number of rotatable bonds is 6. The van der Waals surface area contributed by atoms with Gasteiger partial charge in [0.2, 0.25) is 5.89 Å². The molecule has 0 amide bonds. The van der Waals surface area contributed by atoms with E-state index in [4.69, 9.17) is 9.52 Å². The molecule has 0 fully saturated rings. The van der Waals surface area contributed by atoms with Gasteiger partial charge in [0, 0.05) is 19.2 Å². The van der Waals surface area contributed by atoms with Gasteiger partial charge in [0.15, 0.2) is 5.58 Å². The molecule has 0 aliphatic rings. The molecule has 0 atom stereocenters. The molecule has 0 aliphatic heterocycles. The third-order valence-corrected chi connectivity index (χ3v) is 3.01. The lowest BCUT2D eigenvalue weighted by atomic mass is 10.3. The Morgan fingerprint density at radius 2 is 2.11 bits per heavy atom. The molecule has 0 unspecified atom stereocenters. The average molecular weight is 248 g/mol. The highest BCUT2D eigenvalue weighted by molar-refractivity contribution is 5.72. The van der Waals surface area contributed by atoms with Gasteiger partial charge >= 0.3 is 0 Å². The van der Waals surface area contributed by atoms with Crippen LogP contribution in [0.5, 0.6) is 0 Å². The zero-order valence-electron chi connectivity index (χ0n) is 11.0. The molecule has 0 saturated carbocycles. The zero-order chi connectivity index (χ0) is 13.0. The van der Waals surface area contributed by atoms with Crippen molar-refractivity contribution in [3.8, 4) is 0 Å². The van der Waals surface area contributed by atoms with Gasteiger partial charge < -0.3 is 9.52 Å². The summed E-state index contributed by atoms with van der Waals surface area (Å²) >= 11 is 0. The smallest absolute Gasteiger partial charge is 0.209 e. The molecule has 0 aliphatic carbocycles. The van der Waals surface area contributed by atoms with E-state index in [0.29, 0.717) is 12.6 Å². The minimum atomic E-state index is 0.219. The second-order valence-electron chi connectivity index (χ2n) is 4.72. The third kappa shape index (κ3) is 3.09. The first kappa shape index (κ1) is 13.1. The quantitative estimate of drug-likeness (QED) is 0.853. The molecule has 2 aromatic rings. The van der Waals surface area contributed by atoms with Gasteiger partial charge in [-0.05, 0) is 32.4 Å². The van der Waals surface area contributed by atoms with Crippen LogP contribution < -0.4 is 0 Å². The molecule has 1 aromatic carbocycles. The van der Waals surface area contributed by atoms with Crippen LogP contribution in [0.3, 0.4) is 0 Å². The van der Waals surface area contributed by atoms with Crippen molar-refractivity contribution in [1.82, 2.24) is 9.88 Å². The molecular formula is C14H20N2O2. The Balaban J connectivity index is 2.10. The molecular weight excluding hydrogens is 228 g/mol. The first-order valence-corrected chi connectivity index (χ1v) is 6.40. The van der Waals surface area contributed by atoms with Gasteiger partial charge in [0.25, 0.3) is 0 Å². The molecule has 1 N–H and O–H groups in total. The summed E-state index contributed by atoms with van der Waals surface area (Å²) in [5.74, 6) is 0.739. The third-order valence-electron chi connectivity index (χ3n) is 3.01. The van der Waals surface area contributed by atoms with Crippen molar-refractivity contribution in [1.29, 1.82) is 0 Å². The molecule has 1 heterocycles. The highest BCUT2D eigenvalue weighted by atomic mass is 16.3. The molecule has 4 nitrogen and oxygen atoms in total. The Hall–Kier alpha value is -1.39. The summed E-state index contributed by atoms with van der Waals surface area (Å²) in [6.07, 6.45) is 0.776. The summed E-state index contributed by atoms with van der Waals surface area (Å²) in [6.45, 7) is 6.04. The van der Waals surface area contributed by atoms with Gasteiger partial charge in [-0.25, -0.2) is 4.98 Å². The lowest BCUT2D eigenvalue weighted by Gasteiger charge is -2.24. The maximum absolute atomic E-state index is 8.91. The normalized spacial score (nSPS) is 11.8. The SMILES string of the molecule is CC(C)N(CCCO)Cc1nc2ccccc2o1. The number of aliphatic hydroxyl groups is 1. The van der Waals surface area contributed by atoms with Crippen LogP contribution >= 0.6 is 0 Å². The van der Waals surface area contributed by atoms with Gasteiger partial charge in [-0.15, -0.1) is 0 Å². The van der Waals surface area contributed by atoms with Crippen LogP contribution in [0.2, 0.25) is 0 Å². The summed E-state index contributed by atoms with van der Waals surface area (Å²) in [6, 6.07) is 8.20. The zero-order valence-corrected chi connectivity index (χ0v) is 11.0. The lowest BCUT2D eigenvalue weighted by molar-refractivity contribution is 0.172. The van der Waals surface area contributed by atoms with E-state index in [1.807, 2.05) is 24.3 Å². The minimum absolute atomic E-state index is 0.219. The van der Waals surface area contributed by atoms with E-state index in [2.05, 4.69) is 23.7 Å².